The molecule has 1 aromatic rings. The number of benzene rings is 1. The van der Waals surface area contributed by atoms with E-state index in [1.54, 1.807) is 52.0 Å². The highest BCUT2D eigenvalue weighted by Gasteiger charge is 2.56. The molecule has 45 heavy (non-hydrogen) atoms. The van der Waals surface area contributed by atoms with Gasteiger partial charge in [0.2, 0.25) is 0 Å². The molecule has 2 fully saturated rings. The molecule has 2 N–H and O–H groups in total. The number of rotatable bonds is 13. The van der Waals surface area contributed by atoms with Crippen LogP contribution in [0, 0.1) is 5.92 Å². The summed E-state index contributed by atoms with van der Waals surface area (Å²) in [5.41, 5.74) is 6.78. The number of carbonyl (C=O) groups excluding carboxylic acids is 2. The third-order valence-corrected chi connectivity index (χ3v) is 9.90. The topological polar surface area (TPSA) is 181 Å². The van der Waals surface area contributed by atoms with Crippen molar-refractivity contribution in [3.8, 4) is 0 Å². The number of nitrogens with one attached hydrogen (secondary N) is 2. The minimum absolute atomic E-state index is 0.0416. The Morgan fingerprint density at radius 3 is 2.38 bits per heavy atom. The SMILES string of the molecule is C[C@H](CNC(=O)OC(C)(C)C)NS(=O)(=O)N1C[C@H](CCCB2OC(C)(C)C(C)(C)O2)[C@](N=[N+]=[N-])(C(=O)OCc2ccccc2)C1. The maximum atomic E-state index is 13.7. The van der Waals surface area contributed by atoms with Crippen LogP contribution >= 0.6 is 0 Å². The van der Waals surface area contributed by atoms with Crippen molar-refractivity contribution in [2.45, 2.75) is 110 Å². The minimum atomic E-state index is -4.19. The van der Waals surface area contributed by atoms with E-state index in [4.69, 9.17) is 18.8 Å². The van der Waals surface area contributed by atoms with Gasteiger partial charge in [-0.3, -0.25) is 4.79 Å². The van der Waals surface area contributed by atoms with Crippen LogP contribution in [0.4, 0.5) is 4.79 Å². The van der Waals surface area contributed by atoms with Gasteiger partial charge in [0.05, 0.1) is 11.2 Å². The van der Waals surface area contributed by atoms with Crippen LogP contribution in [0.25, 0.3) is 10.4 Å². The van der Waals surface area contributed by atoms with Crippen molar-refractivity contribution in [1.29, 1.82) is 0 Å². The number of esters is 1. The minimum Gasteiger partial charge on any atom is -0.460 e. The standard InChI is InChI=1S/C29H47BN6O8S/c1-21(17-32-25(38)42-26(2,3)4)33-45(39,40)36-18-23(15-12-16-30-43-27(5,6)28(7,8)44-30)29(20-36,34-35-31)24(37)41-19-22-13-10-9-11-14-22/h9-11,13-14,21,23,33H,12,15-20H2,1-8H3,(H,32,38)/t21-,23+,29+/m1/s1. The summed E-state index contributed by atoms with van der Waals surface area (Å²) in [5, 5.41) is 6.46. The molecule has 0 radical (unpaired) electrons. The average molecular weight is 651 g/mol. The van der Waals surface area contributed by atoms with Gasteiger partial charge in [0.15, 0.2) is 5.54 Å². The normalized spacial score (nSPS) is 23.6. The molecule has 250 valence electrons. The molecule has 3 rings (SSSR count). The molecule has 2 aliphatic heterocycles. The van der Waals surface area contributed by atoms with Gasteiger partial charge in [0.1, 0.15) is 12.2 Å². The zero-order valence-corrected chi connectivity index (χ0v) is 28.3. The molecule has 2 saturated heterocycles. The molecule has 0 unspecified atom stereocenters. The van der Waals surface area contributed by atoms with E-state index in [9.17, 15) is 23.5 Å². The van der Waals surface area contributed by atoms with Crippen LogP contribution in [0.1, 0.15) is 73.8 Å². The molecule has 1 amide bonds. The third kappa shape index (κ3) is 9.57. The fourth-order valence-electron chi connectivity index (χ4n) is 5.22. The van der Waals surface area contributed by atoms with Crippen LogP contribution in [0.5, 0.6) is 0 Å². The molecule has 0 saturated carbocycles. The summed E-state index contributed by atoms with van der Waals surface area (Å²) in [7, 11) is -4.66. The van der Waals surface area contributed by atoms with E-state index in [-0.39, 0.29) is 19.7 Å². The number of hydrogen-bond donors (Lipinski definition) is 2. The van der Waals surface area contributed by atoms with Gasteiger partial charge in [0, 0.05) is 30.6 Å². The van der Waals surface area contributed by atoms with Crippen LogP contribution < -0.4 is 10.0 Å². The zero-order chi connectivity index (χ0) is 33.7. The lowest BCUT2D eigenvalue weighted by Gasteiger charge is -2.32. The highest BCUT2D eigenvalue weighted by Crippen LogP contribution is 2.41. The highest BCUT2D eigenvalue weighted by molar-refractivity contribution is 7.87. The lowest BCUT2D eigenvalue weighted by atomic mass is 9.78. The molecule has 0 aromatic heterocycles. The number of alkyl carbamates (subject to hydrolysis) is 1. The molecule has 16 heteroatoms. The summed E-state index contributed by atoms with van der Waals surface area (Å²) in [5.74, 6) is -1.49. The lowest BCUT2D eigenvalue weighted by molar-refractivity contribution is -0.152. The maximum absolute atomic E-state index is 13.7. The number of carbonyl (C=O) groups is 2. The Morgan fingerprint density at radius 1 is 1.18 bits per heavy atom. The van der Waals surface area contributed by atoms with E-state index in [2.05, 4.69) is 20.1 Å². The molecule has 0 spiro atoms. The smallest absolute Gasteiger partial charge is 0.457 e. The predicted octanol–water partition coefficient (Wildman–Crippen LogP) is 4.33. The van der Waals surface area contributed by atoms with E-state index in [0.717, 1.165) is 9.87 Å². The summed E-state index contributed by atoms with van der Waals surface area (Å²) in [4.78, 5) is 28.7. The van der Waals surface area contributed by atoms with Gasteiger partial charge >= 0.3 is 19.2 Å². The van der Waals surface area contributed by atoms with E-state index in [1.807, 2.05) is 33.8 Å². The highest BCUT2D eigenvalue weighted by atomic mass is 32.2. The number of nitrogens with zero attached hydrogens (tertiary/aromatic N) is 4. The molecule has 2 aliphatic rings. The Bertz CT molecular complexity index is 1330. The average Bonchev–Trinajstić information content (AvgIpc) is 3.39. The van der Waals surface area contributed by atoms with Gasteiger partial charge < -0.3 is 24.1 Å². The molecule has 0 bridgehead atoms. The fraction of sp³-hybridized carbons (Fsp3) is 0.724. The fourth-order valence-corrected chi connectivity index (χ4v) is 6.70. The van der Waals surface area contributed by atoms with Crippen molar-refractivity contribution in [3.05, 3.63) is 46.3 Å². The molecule has 2 heterocycles. The Morgan fingerprint density at radius 2 is 1.80 bits per heavy atom. The second kappa shape index (κ2) is 14.3. The van der Waals surface area contributed by atoms with Gasteiger partial charge in [-0.2, -0.15) is 17.4 Å². The zero-order valence-electron chi connectivity index (χ0n) is 27.5. The van der Waals surface area contributed by atoms with Crippen molar-refractivity contribution in [2.24, 2.45) is 11.0 Å². The van der Waals surface area contributed by atoms with Crippen LogP contribution in [-0.4, -0.2) is 79.9 Å². The maximum Gasteiger partial charge on any atom is 0.457 e. The third-order valence-electron chi connectivity index (χ3n) is 8.24. The van der Waals surface area contributed by atoms with Crippen LogP contribution in [-0.2, 0) is 40.4 Å². The van der Waals surface area contributed by atoms with Gasteiger partial charge in [-0.05, 0) is 85.1 Å². The summed E-state index contributed by atoms with van der Waals surface area (Å²) >= 11 is 0. The van der Waals surface area contributed by atoms with Crippen molar-refractivity contribution in [1.82, 2.24) is 14.3 Å². The number of azide groups is 1. The Kier molecular flexibility index (Phi) is 11.6. The number of hydrogen-bond acceptors (Lipinski definition) is 9. The first-order valence-electron chi connectivity index (χ1n) is 15.2. The molecule has 3 atom stereocenters. The van der Waals surface area contributed by atoms with Crippen LogP contribution in [0.15, 0.2) is 35.4 Å². The van der Waals surface area contributed by atoms with Gasteiger partial charge in [-0.15, -0.1) is 0 Å². The summed E-state index contributed by atoms with van der Waals surface area (Å²) < 4.78 is 53.7. The molecule has 1 aromatic carbocycles. The molecular weight excluding hydrogens is 603 g/mol. The molecule has 14 nitrogen and oxygen atoms in total. The largest absolute Gasteiger partial charge is 0.460 e. The summed E-state index contributed by atoms with van der Waals surface area (Å²) in [6, 6.07) is 8.30. The summed E-state index contributed by atoms with van der Waals surface area (Å²) in [6.07, 6.45) is 0.659. The Balaban J connectivity index is 1.76. The van der Waals surface area contributed by atoms with Crippen LogP contribution in [0.3, 0.4) is 0 Å². The molecule has 0 aliphatic carbocycles. The first-order valence-corrected chi connectivity index (χ1v) is 16.6. The Hall–Kier alpha value is -2.88. The number of amides is 1. The quantitative estimate of drug-likeness (QED) is 0.104. The monoisotopic (exact) mass is 650 g/mol. The second-order valence-electron chi connectivity index (χ2n) is 13.7. The first-order chi connectivity index (χ1) is 20.8. The van der Waals surface area contributed by atoms with E-state index >= 15 is 0 Å². The van der Waals surface area contributed by atoms with Crippen LogP contribution in [0.2, 0.25) is 6.32 Å². The lowest BCUT2D eigenvalue weighted by Crippen LogP contribution is -2.50. The van der Waals surface area contributed by atoms with E-state index < -0.39 is 70.2 Å². The molecular formula is C29H47BN6O8S. The van der Waals surface area contributed by atoms with Crippen molar-refractivity contribution < 1.29 is 36.8 Å². The van der Waals surface area contributed by atoms with E-state index in [1.165, 1.54) is 0 Å². The Labute approximate surface area is 266 Å². The number of ether oxygens (including phenoxy) is 2. The van der Waals surface area contributed by atoms with E-state index in [0.29, 0.717) is 19.2 Å². The summed E-state index contributed by atoms with van der Waals surface area (Å²) in [6.45, 7) is 14.0. The van der Waals surface area contributed by atoms with Crippen molar-refractivity contribution >= 4 is 29.4 Å². The second-order valence-corrected chi connectivity index (χ2v) is 15.4. The van der Waals surface area contributed by atoms with Crippen molar-refractivity contribution in [2.75, 3.05) is 19.6 Å². The van der Waals surface area contributed by atoms with Crippen molar-refractivity contribution in [3.63, 3.8) is 0 Å². The van der Waals surface area contributed by atoms with Gasteiger partial charge in [0.25, 0.3) is 10.2 Å². The predicted molar refractivity (Wildman–Crippen MR) is 169 cm³/mol. The first kappa shape index (κ1) is 36.6. The van der Waals surface area contributed by atoms with Gasteiger partial charge in [-0.25, -0.2) is 4.79 Å². The van der Waals surface area contributed by atoms with Gasteiger partial charge in [-0.1, -0.05) is 41.9 Å².